The molecule has 0 aromatic carbocycles. The van der Waals surface area contributed by atoms with Crippen molar-refractivity contribution in [2.24, 2.45) is 0 Å². The molecule has 4 N–H and O–H groups in total. The summed E-state index contributed by atoms with van der Waals surface area (Å²) in [6, 6.07) is 0. The van der Waals surface area contributed by atoms with Gasteiger partial charge in [0.2, 0.25) is 5.52 Å². The number of hydrogen-bond donors (Lipinski definition) is 4. The van der Waals surface area contributed by atoms with Gasteiger partial charge in [-0.3, -0.25) is 14.0 Å². The second kappa shape index (κ2) is 4.84. The number of rotatable bonds is 3. The lowest BCUT2D eigenvalue weighted by Gasteiger charge is -2.36. The van der Waals surface area contributed by atoms with E-state index in [1.165, 1.54) is 0 Å². The van der Waals surface area contributed by atoms with Crippen LogP contribution >= 0.6 is 15.2 Å². The molecular weight excluding hydrogens is 260 g/mol. The molecule has 0 bridgehead atoms. The van der Waals surface area contributed by atoms with E-state index < -0.39 is 20.7 Å². The normalized spacial score (nSPS) is 25.0. The lowest BCUT2D eigenvalue weighted by Crippen LogP contribution is -2.46. The zero-order chi connectivity index (χ0) is 12.6. The largest absolute Gasteiger partial charge is 0.376 e. The maximum Gasteiger partial charge on any atom is 0.354 e. The lowest BCUT2D eigenvalue weighted by atomic mass is 10.3. The summed E-state index contributed by atoms with van der Waals surface area (Å²) in [7, 11) is -9.77. The average Bonchev–Trinajstić information content (AvgIpc) is 1.97. The SMILES string of the molecule is CC1CN(C(P(=O)(O)O)P(=O)(O)O)CCO1. The Morgan fingerprint density at radius 3 is 2.12 bits per heavy atom. The van der Waals surface area contributed by atoms with Crippen LogP contribution in [0.4, 0.5) is 0 Å². The zero-order valence-corrected chi connectivity index (χ0v) is 10.4. The second-order valence-corrected chi connectivity index (χ2v) is 7.44. The quantitative estimate of drug-likeness (QED) is 0.500. The highest BCUT2D eigenvalue weighted by Gasteiger charge is 2.48. The van der Waals surface area contributed by atoms with Crippen LogP contribution < -0.4 is 0 Å². The summed E-state index contributed by atoms with van der Waals surface area (Å²) in [4.78, 5) is 37.0. The molecule has 96 valence electrons. The van der Waals surface area contributed by atoms with Crippen molar-refractivity contribution in [1.82, 2.24) is 4.90 Å². The molecule has 10 heteroatoms. The van der Waals surface area contributed by atoms with Crippen molar-refractivity contribution < 1.29 is 33.4 Å². The number of nitrogens with zero attached hydrogens (tertiary/aromatic N) is 1. The summed E-state index contributed by atoms with van der Waals surface area (Å²) >= 11 is 0. The van der Waals surface area contributed by atoms with E-state index in [2.05, 4.69) is 0 Å². The molecular formula is C6H15NO7P2. The predicted molar refractivity (Wildman–Crippen MR) is 54.9 cm³/mol. The van der Waals surface area contributed by atoms with Gasteiger partial charge in [-0.05, 0) is 6.92 Å². The molecule has 1 atom stereocenters. The van der Waals surface area contributed by atoms with Crippen LogP contribution in [0.15, 0.2) is 0 Å². The Morgan fingerprint density at radius 1 is 1.25 bits per heavy atom. The molecule has 1 fully saturated rings. The van der Waals surface area contributed by atoms with E-state index in [1.807, 2.05) is 0 Å². The van der Waals surface area contributed by atoms with Gasteiger partial charge in [-0.15, -0.1) is 0 Å². The molecule has 1 unspecified atom stereocenters. The summed E-state index contributed by atoms with van der Waals surface area (Å²) in [5, 5.41) is 0. The fourth-order valence-electron chi connectivity index (χ4n) is 1.68. The van der Waals surface area contributed by atoms with Crippen molar-refractivity contribution in [1.29, 1.82) is 0 Å². The minimum absolute atomic E-state index is 0.0842. The third-order valence-electron chi connectivity index (χ3n) is 2.20. The fourth-order valence-corrected chi connectivity index (χ4v) is 4.51. The maximum absolute atomic E-state index is 11.1. The number of ether oxygens (including phenoxy) is 1. The fraction of sp³-hybridized carbons (Fsp3) is 1.00. The number of morpholine rings is 1. The van der Waals surface area contributed by atoms with E-state index in [1.54, 1.807) is 6.92 Å². The van der Waals surface area contributed by atoms with E-state index in [4.69, 9.17) is 24.3 Å². The van der Waals surface area contributed by atoms with Gasteiger partial charge in [0.05, 0.1) is 12.7 Å². The Balaban J connectivity index is 2.94. The minimum atomic E-state index is -4.89. The van der Waals surface area contributed by atoms with Crippen LogP contribution in [0.1, 0.15) is 6.92 Å². The van der Waals surface area contributed by atoms with Crippen LogP contribution in [0.25, 0.3) is 0 Å². The summed E-state index contributed by atoms with van der Waals surface area (Å²) in [6.07, 6.45) is -0.311. The lowest BCUT2D eigenvalue weighted by molar-refractivity contribution is -0.0196. The van der Waals surface area contributed by atoms with E-state index in [0.29, 0.717) is 0 Å². The van der Waals surface area contributed by atoms with Gasteiger partial charge in [0, 0.05) is 13.1 Å². The van der Waals surface area contributed by atoms with Gasteiger partial charge >= 0.3 is 15.2 Å². The monoisotopic (exact) mass is 275 g/mol. The molecule has 16 heavy (non-hydrogen) atoms. The third-order valence-corrected chi connectivity index (χ3v) is 5.86. The third kappa shape index (κ3) is 3.61. The van der Waals surface area contributed by atoms with E-state index in [0.717, 1.165) is 4.90 Å². The van der Waals surface area contributed by atoms with Gasteiger partial charge < -0.3 is 24.3 Å². The summed E-state index contributed by atoms with van der Waals surface area (Å²) in [5.41, 5.74) is -2.06. The van der Waals surface area contributed by atoms with Crippen LogP contribution in [0.5, 0.6) is 0 Å². The molecule has 0 radical (unpaired) electrons. The zero-order valence-electron chi connectivity index (χ0n) is 8.63. The summed E-state index contributed by atoms with van der Waals surface area (Å²) < 4.78 is 27.3. The topological polar surface area (TPSA) is 128 Å². The Morgan fingerprint density at radius 2 is 1.75 bits per heavy atom. The first-order chi connectivity index (χ1) is 7.12. The highest BCUT2D eigenvalue weighted by molar-refractivity contribution is 7.70. The van der Waals surface area contributed by atoms with Gasteiger partial charge in [-0.25, -0.2) is 0 Å². The van der Waals surface area contributed by atoms with Crippen molar-refractivity contribution in [2.45, 2.75) is 18.6 Å². The Bertz CT molecular complexity index is 314. The van der Waals surface area contributed by atoms with E-state index >= 15 is 0 Å². The van der Waals surface area contributed by atoms with Crippen LogP contribution in [0.2, 0.25) is 0 Å². The van der Waals surface area contributed by atoms with E-state index in [-0.39, 0.29) is 25.8 Å². The van der Waals surface area contributed by atoms with Gasteiger partial charge in [0.15, 0.2) is 0 Å². The standard InChI is InChI=1S/C6H15NO7P2/c1-5-4-7(2-3-14-5)6(15(8,9)10)16(11,12)13/h5-6H,2-4H2,1H3,(H2,8,9,10)(H2,11,12,13). The van der Waals surface area contributed by atoms with Gasteiger partial charge in [-0.2, -0.15) is 0 Å². The predicted octanol–water partition coefficient (Wildman–Crippen LogP) is -0.654. The molecule has 1 heterocycles. The van der Waals surface area contributed by atoms with Crippen LogP contribution in [-0.2, 0) is 13.9 Å². The molecule has 0 aromatic heterocycles. The molecule has 0 aliphatic carbocycles. The van der Waals surface area contributed by atoms with Crippen LogP contribution in [0.3, 0.4) is 0 Å². The average molecular weight is 275 g/mol. The second-order valence-electron chi connectivity index (χ2n) is 3.70. The maximum atomic E-state index is 11.1. The Kier molecular flexibility index (Phi) is 4.32. The molecule has 1 aliphatic rings. The van der Waals surface area contributed by atoms with Crippen molar-refractivity contribution in [3.63, 3.8) is 0 Å². The smallest absolute Gasteiger partial charge is 0.354 e. The molecule has 0 spiro atoms. The molecule has 1 saturated heterocycles. The Hall–Kier alpha value is 0.220. The molecule has 1 aliphatic heterocycles. The van der Waals surface area contributed by atoms with Crippen molar-refractivity contribution in [3.8, 4) is 0 Å². The molecule has 1 rings (SSSR count). The summed E-state index contributed by atoms with van der Waals surface area (Å²) in [6.45, 7) is 2.03. The minimum Gasteiger partial charge on any atom is -0.376 e. The number of hydrogen-bond acceptors (Lipinski definition) is 4. The van der Waals surface area contributed by atoms with E-state index in [9.17, 15) is 9.13 Å². The first-order valence-electron chi connectivity index (χ1n) is 4.58. The molecule has 0 aromatic rings. The highest BCUT2D eigenvalue weighted by atomic mass is 31.2. The highest BCUT2D eigenvalue weighted by Crippen LogP contribution is 2.61. The van der Waals surface area contributed by atoms with Gasteiger partial charge in [0.25, 0.3) is 0 Å². The van der Waals surface area contributed by atoms with Gasteiger partial charge in [0.1, 0.15) is 0 Å². The van der Waals surface area contributed by atoms with Crippen molar-refractivity contribution in [3.05, 3.63) is 0 Å². The van der Waals surface area contributed by atoms with Crippen molar-refractivity contribution >= 4 is 15.2 Å². The first-order valence-corrected chi connectivity index (χ1v) is 7.95. The van der Waals surface area contributed by atoms with Crippen LogP contribution in [-0.4, -0.2) is 55.8 Å². The van der Waals surface area contributed by atoms with Crippen LogP contribution in [0, 0.1) is 0 Å². The Labute approximate surface area is 92.5 Å². The molecule has 0 amide bonds. The van der Waals surface area contributed by atoms with Gasteiger partial charge in [-0.1, -0.05) is 0 Å². The summed E-state index contributed by atoms with van der Waals surface area (Å²) in [5.74, 6) is 0. The van der Waals surface area contributed by atoms with Crippen molar-refractivity contribution in [2.75, 3.05) is 19.7 Å². The first kappa shape index (κ1) is 14.3. The molecule has 0 saturated carbocycles. The molecule has 8 nitrogen and oxygen atoms in total.